The summed E-state index contributed by atoms with van der Waals surface area (Å²) < 4.78 is 0. The van der Waals surface area contributed by atoms with Crippen molar-refractivity contribution in [1.29, 1.82) is 0 Å². The van der Waals surface area contributed by atoms with Gasteiger partial charge in [0, 0.05) is 6.54 Å². The van der Waals surface area contributed by atoms with E-state index >= 15 is 0 Å². The van der Waals surface area contributed by atoms with E-state index in [0.29, 0.717) is 0 Å². The number of hydrogen-bond acceptors (Lipinski definition) is 3. The fourth-order valence-corrected chi connectivity index (χ4v) is 0.196. The SMILES string of the molecule is CCN(O)C(=O)[C]=O. The lowest BCUT2D eigenvalue weighted by molar-refractivity contribution is -0.155. The molecule has 1 N–H and O–H groups in total. The molecule has 0 saturated heterocycles. The maximum absolute atomic E-state index is 10.00. The van der Waals surface area contributed by atoms with Crippen molar-refractivity contribution in [2.75, 3.05) is 6.54 Å². The summed E-state index contributed by atoms with van der Waals surface area (Å²) in [5.74, 6) is -1.03. The Labute approximate surface area is 46.7 Å². The second kappa shape index (κ2) is 3.15. The third-order valence-electron chi connectivity index (χ3n) is 0.621. The zero-order valence-electron chi connectivity index (χ0n) is 4.42. The van der Waals surface area contributed by atoms with Crippen LogP contribution in [0.3, 0.4) is 0 Å². The monoisotopic (exact) mass is 116 g/mol. The van der Waals surface area contributed by atoms with Crippen LogP contribution in [0.1, 0.15) is 6.92 Å². The van der Waals surface area contributed by atoms with Crippen LogP contribution in [-0.4, -0.2) is 29.0 Å². The van der Waals surface area contributed by atoms with Gasteiger partial charge in [-0.1, -0.05) is 0 Å². The molecule has 1 radical (unpaired) electrons. The van der Waals surface area contributed by atoms with Gasteiger partial charge < -0.3 is 0 Å². The minimum absolute atomic E-state index is 0.105. The Bertz CT molecular complexity index is 101. The number of carbonyl (C=O) groups is 1. The van der Waals surface area contributed by atoms with Crippen LogP contribution >= 0.6 is 0 Å². The maximum atomic E-state index is 10.00. The average molecular weight is 116 g/mol. The Morgan fingerprint density at radius 2 is 2.38 bits per heavy atom. The largest absolute Gasteiger partial charge is 0.322 e. The Morgan fingerprint density at radius 1 is 1.88 bits per heavy atom. The van der Waals surface area contributed by atoms with Crippen molar-refractivity contribution in [3.05, 3.63) is 0 Å². The molecule has 0 aromatic heterocycles. The van der Waals surface area contributed by atoms with Crippen molar-refractivity contribution in [1.82, 2.24) is 5.06 Å². The molecule has 4 heteroatoms. The molecule has 0 bridgehead atoms. The van der Waals surface area contributed by atoms with Crippen molar-refractivity contribution in [3.8, 4) is 0 Å². The number of rotatable bonds is 2. The summed E-state index contributed by atoms with van der Waals surface area (Å²) >= 11 is 0. The van der Waals surface area contributed by atoms with Crippen LogP contribution in [0.4, 0.5) is 0 Å². The van der Waals surface area contributed by atoms with Crippen LogP contribution in [0, 0.1) is 0 Å². The van der Waals surface area contributed by atoms with E-state index in [0.717, 1.165) is 6.29 Å². The van der Waals surface area contributed by atoms with Gasteiger partial charge in [0.15, 0.2) is 0 Å². The number of likely N-dealkylation sites (N-methyl/N-ethyl adjacent to an activating group) is 1. The highest BCUT2D eigenvalue weighted by molar-refractivity contribution is 6.23. The first-order chi connectivity index (χ1) is 3.72. The van der Waals surface area contributed by atoms with Crippen molar-refractivity contribution in [3.63, 3.8) is 0 Å². The summed E-state index contributed by atoms with van der Waals surface area (Å²) in [4.78, 5) is 19.4. The molecule has 0 rings (SSSR count). The van der Waals surface area contributed by atoms with Crippen molar-refractivity contribution in [2.45, 2.75) is 6.92 Å². The van der Waals surface area contributed by atoms with Gasteiger partial charge in [0.2, 0.25) is 0 Å². The van der Waals surface area contributed by atoms with Gasteiger partial charge in [0.25, 0.3) is 6.29 Å². The second-order valence-electron chi connectivity index (χ2n) is 1.12. The molecule has 0 aliphatic heterocycles. The van der Waals surface area contributed by atoms with Crippen LogP contribution in [0.25, 0.3) is 0 Å². The lowest BCUT2D eigenvalue weighted by atomic mass is 10.6. The first-order valence-corrected chi connectivity index (χ1v) is 2.11. The van der Waals surface area contributed by atoms with Crippen LogP contribution in [0.15, 0.2) is 0 Å². The maximum Gasteiger partial charge on any atom is 0.322 e. The third-order valence-corrected chi connectivity index (χ3v) is 0.621. The molecular weight excluding hydrogens is 110 g/mol. The zero-order valence-corrected chi connectivity index (χ0v) is 4.42. The van der Waals surface area contributed by atoms with Gasteiger partial charge in [-0.15, -0.1) is 0 Å². The number of hydroxylamine groups is 2. The van der Waals surface area contributed by atoms with E-state index in [-0.39, 0.29) is 11.6 Å². The summed E-state index contributed by atoms with van der Waals surface area (Å²) in [6.07, 6.45) is 1.00. The standard InChI is InChI=1S/C4H6NO3/c1-2-5(8)4(7)3-6/h8H,2H2,1H3. The van der Waals surface area contributed by atoms with E-state index in [9.17, 15) is 9.59 Å². The molecule has 0 aliphatic carbocycles. The molecule has 0 aromatic rings. The normalized spacial score (nSPS) is 8.25. The molecule has 0 aliphatic rings. The van der Waals surface area contributed by atoms with Gasteiger partial charge in [-0.05, 0) is 6.92 Å². The highest BCUT2D eigenvalue weighted by atomic mass is 16.5. The van der Waals surface area contributed by atoms with Crippen LogP contribution in [0.5, 0.6) is 0 Å². The van der Waals surface area contributed by atoms with Gasteiger partial charge >= 0.3 is 5.91 Å². The summed E-state index contributed by atoms with van der Waals surface area (Å²) in [6, 6.07) is 0. The minimum Gasteiger partial charge on any atom is -0.286 e. The molecule has 0 atom stereocenters. The quantitative estimate of drug-likeness (QED) is 0.296. The molecule has 0 unspecified atom stereocenters. The topological polar surface area (TPSA) is 57.6 Å². The Hall–Kier alpha value is -0.900. The Balaban J connectivity index is 3.62. The van der Waals surface area contributed by atoms with Crippen molar-refractivity contribution in [2.24, 2.45) is 0 Å². The van der Waals surface area contributed by atoms with E-state index in [2.05, 4.69) is 0 Å². The van der Waals surface area contributed by atoms with E-state index in [1.165, 1.54) is 6.92 Å². The predicted octanol–water partition coefficient (Wildman–Crippen LogP) is -0.666. The highest BCUT2D eigenvalue weighted by Crippen LogP contribution is 1.76. The third kappa shape index (κ3) is 1.70. The highest BCUT2D eigenvalue weighted by Gasteiger charge is 2.05. The lowest BCUT2D eigenvalue weighted by Gasteiger charge is -2.04. The van der Waals surface area contributed by atoms with Gasteiger partial charge in [-0.2, -0.15) is 0 Å². The number of nitrogens with zero attached hydrogens (tertiary/aromatic N) is 1. The Morgan fingerprint density at radius 3 is 2.50 bits per heavy atom. The molecule has 0 heterocycles. The van der Waals surface area contributed by atoms with Crippen molar-refractivity contribution >= 4 is 12.2 Å². The Kier molecular flexibility index (Phi) is 2.79. The molecule has 0 saturated carbocycles. The van der Waals surface area contributed by atoms with Crippen LogP contribution in [-0.2, 0) is 9.59 Å². The molecule has 0 fully saturated rings. The first kappa shape index (κ1) is 7.10. The van der Waals surface area contributed by atoms with E-state index in [4.69, 9.17) is 5.21 Å². The van der Waals surface area contributed by atoms with Gasteiger partial charge in [0.05, 0.1) is 0 Å². The summed E-state index contributed by atoms with van der Waals surface area (Å²) in [5.41, 5.74) is 0. The zero-order chi connectivity index (χ0) is 6.57. The average Bonchev–Trinajstić information content (AvgIpc) is 1.84. The minimum atomic E-state index is -1.03. The molecule has 4 nitrogen and oxygen atoms in total. The smallest absolute Gasteiger partial charge is 0.286 e. The molecular formula is C4H6NO3. The molecule has 45 valence electrons. The molecule has 0 aromatic carbocycles. The summed E-state index contributed by atoms with van der Waals surface area (Å²) in [6.45, 7) is 1.64. The molecule has 1 amide bonds. The first-order valence-electron chi connectivity index (χ1n) is 2.11. The molecule has 8 heavy (non-hydrogen) atoms. The van der Waals surface area contributed by atoms with Crippen LogP contribution < -0.4 is 0 Å². The fourth-order valence-electron chi connectivity index (χ4n) is 0.196. The van der Waals surface area contributed by atoms with Gasteiger partial charge in [-0.25, -0.2) is 5.06 Å². The lowest BCUT2D eigenvalue weighted by Crippen LogP contribution is -2.27. The fraction of sp³-hybridized carbons (Fsp3) is 0.500. The number of carbonyl (C=O) groups excluding carboxylic acids is 2. The van der Waals surface area contributed by atoms with E-state index in [1.807, 2.05) is 0 Å². The van der Waals surface area contributed by atoms with Crippen LogP contribution in [0.2, 0.25) is 0 Å². The van der Waals surface area contributed by atoms with Gasteiger partial charge in [-0.3, -0.25) is 14.8 Å². The summed E-state index contributed by atoms with van der Waals surface area (Å²) in [5, 5.41) is 8.63. The summed E-state index contributed by atoms with van der Waals surface area (Å²) in [7, 11) is 0. The van der Waals surface area contributed by atoms with Gasteiger partial charge in [0.1, 0.15) is 0 Å². The molecule has 0 spiro atoms. The number of amides is 1. The van der Waals surface area contributed by atoms with E-state index in [1.54, 1.807) is 0 Å². The predicted molar refractivity (Wildman–Crippen MR) is 24.9 cm³/mol. The van der Waals surface area contributed by atoms with E-state index < -0.39 is 5.91 Å². The second-order valence-corrected chi connectivity index (χ2v) is 1.12. The van der Waals surface area contributed by atoms with Crippen molar-refractivity contribution < 1.29 is 14.8 Å². The number of hydrogen-bond donors (Lipinski definition) is 1.